The Labute approximate surface area is 126 Å². The molecule has 0 saturated carbocycles. The van der Waals surface area contributed by atoms with E-state index in [9.17, 15) is 9.59 Å². The molecule has 0 radical (unpaired) electrons. The summed E-state index contributed by atoms with van der Waals surface area (Å²) in [7, 11) is 1.78. The summed E-state index contributed by atoms with van der Waals surface area (Å²) in [5, 5.41) is 2.87. The molecule has 0 spiro atoms. The van der Waals surface area contributed by atoms with E-state index in [1.54, 1.807) is 16.8 Å². The first kappa shape index (κ1) is 17.2. The van der Waals surface area contributed by atoms with Gasteiger partial charge in [-0.15, -0.1) is 0 Å². The summed E-state index contributed by atoms with van der Waals surface area (Å²) in [6.45, 7) is 7.68. The second-order valence-electron chi connectivity index (χ2n) is 5.10. The molecule has 0 aliphatic heterocycles. The van der Waals surface area contributed by atoms with Crippen molar-refractivity contribution < 1.29 is 9.59 Å². The summed E-state index contributed by atoms with van der Waals surface area (Å²) < 4.78 is 0. The minimum Gasteiger partial charge on any atom is -0.342 e. The zero-order chi connectivity index (χ0) is 15.8. The van der Waals surface area contributed by atoms with Gasteiger partial charge in [-0.3, -0.25) is 14.5 Å². The molecule has 116 valence electrons. The van der Waals surface area contributed by atoms with Gasteiger partial charge < -0.3 is 10.2 Å². The SMILES string of the molecule is CCN(CC)C(=O)CN(C)CC(=O)Nc1ccccc1C. The standard InChI is InChI=1S/C16H25N3O2/c1-5-19(6-2)16(21)12-18(4)11-15(20)17-14-10-8-7-9-13(14)3/h7-10H,5-6,11-12H2,1-4H3,(H,17,20). The van der Waals surface area contributed by atoms with Gasteiger partial charge in [0.05, 0.1) is 13.1 Å². The molecule has 0 aromatic heterocycles. The van der Waals surface area contributed by atoms with Crippen molar-refractivity contribution in [2.45, 2.75) is 20.8 Å². The molecule has 0 fully saturated rings. The Balaban J connectivity index is 2.47. The molecule has 0 saturated heterocycles. The van der Waals surface area contributed by atoms with Gasteiger partial charge in [-0.25, -0.2) is 0 Å². The van der Waals surface area contributed by atoms with E-state index in [4.69, 9.17) is 0 Å². The smallest absolute Gasteiger partial charge is 0.238 e. The lowest BCUT2D eigenvalue weighted by atomic mass is 10.2. The summed E-state index contributed by atoms with van der Waals surface area (Å²) in [4.78, 5) is 27.4. The molecule has 0 unspecified atom stereocenters. The van der Waals surface area contributed by atoms with Gasteiger partial charge in [0.2, 0.25) is 11.8 Å². The van der Waals surface area contributed by atoms with Gasteiger partial charge in [-0.05, 0) is 39.4 Å². The molecule has 1 aromatic carbocycles. The number of carbonyl (C=O) groups excluding carboxylic acids is 2. The van der Waals surface area contributed by atoms with Crippen LogP contribution in [0.15, 0.2) is 24.3 Å². The van der Waals surface area contributed by atoms with Gasteiger partial charge in [0.15, 0.2) is 0 Å². The zero-order valence-corrected chi connectivity index (χ0v) is 13.3. The Morgan fingerprint density at radius 1 is 1.10 bits per heavy atom. The number of para-hydroxylation sites is 1. The molecule has 0 atom stereocenters. The highest BCUT2D eigenvalue weighted by Crippen LogP contribution is 2.12. The first-order chi connectivity index (χ1) is 9.97. The van der Waals surface area contributed by atoms with Crippen LogP contribution in [0.2, 0.25) is 0 Å². The van der Waals surface area contributed by atoms with E-state index in [2.05, 4.69) is 5.32 Å². The highest BCUT2D eigenvalue weighted by molar-refractivity contribution is 5.93. The third kappa shape index (κ3) is 5.55. The fourth-order valence-corrected chi connectivity index (χ4v) is 2.11. The van der Waals surface area contributed by atoms with Crippen LogP contribution in [0.5, 0.6) is 0 Å². The fourth-order valence-electron chi connectivity index (χ4n) is 2.11. The van der Waals surface area contributed by atoms with Crippen molar-refractivity contribution in [3.8, 4) is 0 Å². The summed E-state index contributed by atoms with van der Waals surface area (Å²) in [6.07, 6.45) is 0. The molecule has 2 amide bonds. The van der Waals surface area contributed by atoms with Crippen LogP contribution in [0.25, 0.3) is 0 Å². The summed E-state index contributed by atoms with van der Waals surface area (Å²) in [6, 6.07) is 7.63. The van der Waals surface area contributed by atoms with E-state index in [-0.39, 0.29) is 24.9 Å². The Kier molecular flexibility index (Phi) is 6.88. The van der Waals surface area contributed by atoms with E-state index in [0.29, 0.717) is 13.1 Å². The van der Waals surface area contributed by atoms with Crippen LogP contribution in [-0.2, 0) is 9.59 Å². The summed E-state index contributed by atoms with van der Waals surface area (Å²) in [5.41, 5.74) is 1.83. The maximum Gasteiger partial charge on any atom is 0.238 e. The summed E-state index contributed by atoms with van der Waals surface area (Å²) in [5.74, 6) is -0.0645. The quantitative estimate of drug-likeness (QED) is 0.832. The molecular formula is C16H25N3O2. The molecular weight excluding hydrogens is 266 g/mol. The Morgan fingerprint density at radius 2 is 1.71 bits per heavy atom. The van der Waals surface area contributed by atoms with Crippen LogP contribution >= 0.6 is 0 Å². The Hall–Kier alpha value is -1.88. The summed E-state index contributed by atoms with van der Waals surface area (Å²) >= 11 is 0. The van der Waals surface area contributed by atoms with Crippen molar-refractivity contribution in [2.75, 3.05) is 38.5 Å². The average Bonchev–Trinajstić information content (AvgIpc) is 2.42. The zero-order valence-electron chi connectivity index (χ0n) is 13.3. The van der Waals surface area contributed by atoms with E-state index < -0.39 is 0 Å². The van der Waals surface area contributed by atoms with Gasteiger partial charge in [0.25, 0.3) is 0 Å². The molecule has 1 rings (SSSR count). The number of carbonyl (C=O) groups is 2. The third-order valence-electron chi connectivity index (χ3n) is 3.35. The third-order valence-corrected chi connectivity index (χ3v) is 3.35. The first-order valence-corrected chi connectivity index (χ1v) is 7.29. The van der Waals surface area contributed by atoms with Crippen LogP contribution in [0, 0.1) is 6.92 Å². The van der Waals surface area contributed by atoms with E-state index in [1.807, 2.05) is 45.0 Å². The number of aryl methyl sites for hydroxylation is 1. The van der Waals surface area contributed by atoms with Crippen molar-refractivity contribution in [1.29, 1.82) is 0 Å². The number of rotatable bonds is 7. The number of hydrogen-bond donors (Lipinski definition) is 1. The van der Waals surface area contributed by atoms with Gasteiger partial charge in [-0.2, -0.15) is 0 Å². The maximum atomic E-state index is 12.0. The number of nitrogens with zero attached hydrogens (tertiary/aromatic N) is 2. The molecule has 5 heteroatoms. The van der Waals surface area contributed by atoms with Crippen LogP contribution in [0.3, 0.4) is 0 Å². The molecule has 1 N–H and O–H groups in total. The lowest BCUT2D eigenvalue weighted by Gasteiger charge is -2.22. The van der Waals surface area contributed by atoms with Gasteiger partial charge in [0.1, 0.15) is 0 Å². The van der Waals surface area contributed by atoms with Crippen molar-refractivity contribution in [3.05, 3.63) is 29.8 Å². The lowest BCUT2D eigenvalue weighted by molar-refractivity contribution is -0.132. The largest absolute Gasteiger partial charge is 0.342 e. The molecule has 0 heterocycles. The van der Waals surface area contributed by atoms with Crippen molar-refractivity contribution in [3.63, 3.8) is 0 Å². The molecule has 0 aliphatic rings. The molecule has 5 nitrogen and oxygen atoms in total. The minimum absolute atomic E-state index is 0.0474. The first-order valence-electron chi connectivity index (χ1n) is 7.29. The van der Waals surface area contributed by atoms with E-state index >= 15 is 0 Å². The number of nitrogens with one attached hydrogen (secondary N) is 1. The van der Waals surface area contributed by atoms with Crippen LogP contribution in [0.4, 0.5) is 5.69 Å². The van der Waals surface area contributed by atoms with E-state index in [1.165, 1.54) is 0 Å². The van der Waals surface area contributed by atoms with Crippen molar-refractivity contribution >= 4 is 17.5 Å². The van der Waals surface area contributed by atoms with Crippen LogP contribution in [-0.4, -0.2) is 54.8 Å². The highest BCUT2D eigenvalue weighted by Gasteiger charge is 2.14. The van der Waals surface area contributed by atoms with Gasteiger partial charge >= 0.3 is 0 Å². The number of benzene rings is 1. The fraction of sp³-hybridized carbons (Fsp3) is 0.500. The van der Waals surface area contributed by atoms with Gasteiger partial charge in [-0.1, -0.05) is 18.2 Å². The average molecular weight is 291 g/mol. The van der Waals surface area contributed by atoms with Crippen molar-refractivity contribution in [2.24, 2.45) is 0 Å². The Bertz CT molecular complexity index is 484. The van der Waals surface area contributed by atoms with Crippen LogP contribution in [0.1, 0.15) is 19.4 Å². The van der Waals surface area contributed by atoms with E-state index in [0.717, 1.165) is 11.3 Å². The molecule has 0 bridgehead atoms. The van der Waals surface area contributed by atoms with Crippen LogP contribution < -0.4 is 5.32 Å². The second kappa shape index (κ2) is 8.42. The number of amides is 2. The second-order valence-corrected chi connectivity index (χ2v) is 5.10. The number of hydrogen-bond acceptors (Lipinski definition) is 3. The Morgan fingerprint density at radius 3 is 2.29 bits per heavy atom. The normalized spacial score (nSPS) is 10.5. The monoisotopic (exact) mass is 291 g/mol. The minimum atomic E-state index is -0.112. The highest BCUT2D eigenvalue weighted by atomic mass is 16.2. The number of likely N-dealkylation sites (N-methyl/N-ethyl adjacent to an activating group) is 2. The van der Waals surface area contributed by atoms with Crippen molar-refractivity contribution in [1.82, 2.24) is 9.80 Å². The molecule has 1 aromatic rings. The topological polar surface area (TPSA) is 52.7 Å². The predicted octanol–water partition coefficient (Wildman–Crippen LogP) is 1.73. The molecule has 21 heavy (non-hydrogen) atoms. The lowest BCUT2D eigenvalue weighted by Crippen LogP contribution is -2.41. The predicted molar refractivity (Wildman–Crippen MR) is 85.2 cm³/mol. The number of anilines is 1. The van der Waals surface area contributed by atoms with Gasteiger partial charge in [0, 0.05) is 18.8 Å². The maximum absolute atomic E-state index is 12.0. The molecule has 0 aliphatic carbocycles.